The van der Waals surface area contributed by atoms with Gasteiger partial charge in [-0.3, -0.25) is 9.59 Å². The van der Waals surface area contributed by atoms with Crippen molar-refractivity contribution in [2.45, 2.75) is 53.8 Å². The number of hydrogen-bond acceptors (Lipinski definition) is 10. The fraction of sp³-hybridized carbons (Fsp3) is 0.438. The van der Waals surface area contributed by atoms with Gasteiger partial charge in [-0.2, -0.15) is 4.31 Å². The molecule has 2 saturated heterocycles. The Kier molecular flexibility index (Phi) is 12.5. The number of amides is 2. The maximum absolute atomic E-state index is 12.8. The molecule has 2 aliphatic heterocycles. The lowest BCUT2D eigenvalue weighted by Gasteiger charge is -2.38. The summed E-state index contributed by atoms with van der Waals surface area (Å²) in [7, 11) is -0.819. The van der Waals surface area contributed by atoms with E-state index in [1.165, 1.54) is 53.6 Å². The smallest absolute Gasteiger partial charge is 0.406 e. The molecule has 2 fully saturated rings. The Labute approximate surface area is 299 Å². The van der Waals surface area contributed by atoms with Gasteiger partial charge in [0.2, 0.25) is 0 Å². The monoisotopic (exact) mass is 782 g/mol. The van der Waals surface area contributed by atoms with Crippen LogP contribution >= 0.6 is 11.3 Å². The fourth-order valence-electron chi connectivity index (χ4n) is 5.50. The molecule has 0 spiro atoms. The molecule has 3 heterocycles. The number of carbonyl (C=O) groups excluding carboxylic acids is 2. The molecule has 0 aliphatic carbocycles. The third-order valence-corrected chi connectivity index (χ3v) is 11.7. The van der Waals surface area contributed by atoms with Crippen LogP contribution < -0.4 is 24.6 Å². The summed E-state index contributed by atoms with van der Waals surface area (Å²) in [5.74, 6) is -1.94. The van der Waals surface area contributed by atoms with Crippen LogP contribution in [0.3, 0.4) is 0 Å². The Morgan fingerprint density at radius 2 is 1.15 bits per heavy atom. The lowest BCUT2D eigenvalue weighted by atomic mass is 9.91. The normalized spacial score (nSPS) is 17.7. The second kappa shape index (κ2) is 16.0. The molecule has 2 amide bonds. The van der Waals surface area contributed by atoms with Crippen LogP contribution in [0.15, 0.2) is 70.3 Å². The second-order valence-electron chi connectivity index (χ2n) is 12.0. The average molecular weight is 783 g/mol. The van der Waals surface area contributed by atoms with Gasteiger partial charge in [0, 0.05) is 38.6 Å². The summed E-state index contributed by atoms with van der Waals surface area (Å²) in [5.41, 5.74) is -2.58. The number of sulfonamides is 1. The summed E-state index contributed by atoms with van der Waals surface area (Å²) in [6, 6.07) is 12.7. The summed E-state index contributed by atoms with van der Waals surface area (Å²) in [6.45, 7) is 1.01. The van der Waals surface area contributed by atoms with Crippen molar-refractivity contribution < 1.29 is 64.0 Å². The van der Waals surface area contributed by atoms with Crippen LogP contribution in [0, 0.1) is 0 Å². The highest BCUT2D eigenvalue weighted by Gasteiger charge is 2.44. The van der Waals surface area contributed by atoms with Crippen molar-refractivity contribution in [1.82, 2.24) is 9.62 Å². The van der Waals surface area contributed by atoms with Crippen LogP contribution in [0.25, 0.3) is 0 Å². The highest BCUT2D eigenvalue weighted by atomic mass is 32.2. The zero-order valence-electron chi connectivity index (χ0n) is 27.8. The topological polar surface area (TPSA) is 149 Å². The van der Waals surface area contributed by atoms with Crippen LogP contribution in [0.4, 0.5) is 37.7 Å². The highest BCUT2D eigenvalue weighted by molar-refractivity contribution is 7.91. The lowest BCUT2D eigenvalue weighted by Crippen LogP contribution is -2.55. The van der Waals surface area contributed by atoms with Crippen LogP contribution in [0.1, 0.15) is 25.7 Å². The van der Waals surface area contributed by atoms with Gasteiger partial charge < -0.3 is 34.8 Å². The van der Waals surface area contributed by atoms with Crippen LogP contribution in [0.5, 0.6) is 11.5 Å². The molecule has 12 nitrogen and oxygen atoms in total. The third kappa shape index (κ3) is 10.3. The molecule has 286 valence electrons. The van der Waals surface area contributed by atoms with Crippen molar-refractivity contribution in [2.24, 2.45) is 0 Å². The molecule has 0 saturated carbocycles. The zero-order chi connectivity index (χ0) is 38.5. The van der Waals surface area contributed by atoms with E-state index in [9.17, 15) is 54.6 Å². The first-order chi connectivity index (χ1) is 24.1. The molecule has 0 atom stereocenters. The predicted molar refractivity (Wildman–Crippen MR) is 177 cm³/mol. The van der Waals surface area contributed by atoms with E-state index in [4.69, 9.17) is 0 Å². The molecule has 0 bridgehead atoms. The zero-order valence-corrected chi connectivity index (χ0v) is 29.4. The van der Waals surface area contributed by atoms with Crippen molar-refractivity contribution >= 4 is 44.5 Å². The number of piperidine rings is 2. The van der Waals surface area contributed by atoms with E-state index < -0.39 is 51.5 Å². The first-order valence-corrected chi connectivity index (χ1v) is 17.9. The maximum atomic E-state index is 12.8. The maximum Gasteiger partial charge on any atom is 0.573 e. The molecule has 1 aromatic heterocycles. The van der Waals surface area contributed by atoms with Gasteiger partial charge in [0.15, 0.2) is 0 Å². The van der Waals surface area contributed by atoms with E-state index in [0.29, 0.717) is 31.6 Å². The van der Waals surface area contributed by atoms with Crippen LogP contribution in [-0.4, -0.2) is 99.0 Å². The van der Waals surface area contributed by atoms with Gasteiger partial charge in [-0.1, -0.05) is 6.07 Å². The van der Waals surface area contributed by atoms with Gasteiger partial charge in [0.25, 0.3) is 21.8 Å². The number of carbonyl (C=O) groups is 2. The van der Waals surface area contributed by atoms with E-state index in [0.717, 1.165) is 40.5 Å². The van der Waals surface area contributed by atoms with E-state index >= 15 is 0 Å². The second-order valence-corrected chi connectivity index (χ2v) is 15.1. The molecule has 3 N–H and O–H groups in total. The predicted octanol–water partition coefficient (Wildman–Crippen LogP) is 4.49. The number of hydrogen-bond donors (Lipinski definition) is 3. The Balaban J connectivity index is 0.000000244. The van der Waals surface area contributed by atoms with E-state index in [1.807, 2.05) is 0 Å². The minimum atomic E-state index is -4.82. The number of nitrogens with zero attached hydrogens (tertiary/aromatic N) is 3. The van der Waals surface area contributed by atoms with Crippen LogP contribution in [-0.2, 0) is 19.6 Å². The molecule has 52 heavy (non-hydrogen) atoms. The molecule has 0 unspecified atom stereocenters. The Morgan fingerprint density at radius 1 is 0.750 bits per heavy atom. The number of aliphatic hydroxyl groups is 2. The number of rotatable bonds is 8. The van der Waals surface area contributed by atoms with Crippen LogP contribution in [0.2, 0.25) is 0 Å². The SMILES string of the molecule is CN(C(=O)C1(O)CCN(S(=O)(=O)c2cccs2)CC1)c1ccc(OC(F)(F)F)cc1.CN(C(=O)C1(O)CCNCC1)c1ccc(OC(F)(F)F)cc1. The van der Waals surface area contributed by atoms with Gasteiger partial charge in [0.1, 0.15) is 26.9 Å². The molecular weight excluding hydrogens is 746 g/mol. The quantitative estimate of drug-likeness (QED) is 0.281. The van der Waals surface area contributed by atoms with Crippen molar-refractivity contribution in [1.29, 1.82) is 0 Å². The molecular formula is C32H36F6N4O8S2. The number of anilines is 2. The highest BCUT2D eigenvalue weighted by Crippen LogP contribution is 2.32. The Hall–Kier alpha value is -3.95. The van der Waals surface area contributed by atoms with Crippen molar-refractivity contribution in [3.63, 3.8) is 0 Å². The van der Waals surface area contributed by atoms with Gasteiger partial charge in [-0.05, 0) is 98.8 Å². The number of benzene rings is 2. The minimum absolute atomic E-state index is 0.0331. The number of alkyl halides is 6. The summed E-state index contributed by atoms with van der Waals surface area (Å²) in [4.78, 5) is 27.6. The standard InChI is InChI=1S/C18H19F3N2O5S2.C14H17F3N2O3/c1-22(13-4-6-14(7-5-13)28-18(19,20)21)16(24)17(25)8-10-23(11-9-17)30(26,27)15-3-2-12-29-15;1-19(12(20)13(21)6-8-18-9-7-13)10-2-4-11(5-3-10)22-14(15,16)17/h2-7,12,25H,8-11H2,1H3;2-5,18,21H,6-9H2,1H3. The first kappa shape index (κ1) is 40.8. The number of halogens is 6. The summed E-state index contributed by atoms with van der Waals surface area (Å²) in [5, 5.41) is 25.9. The van der Waals surface area contributed by atoms with E-state index in [-0.39, 0.29) is 41.6 Å². The molecule has 3 aromatic rings. The molecule has 2 aromatic carbocycles. The molecule has 2 aliphatic rings. The number of nitrogens with one attached hydrogen (secondary N) is 1. The summed E-state index contributed by atoms with van der Waals surface area (Å²) >= 11 is 1.09. The summed E-state index contributed by atoms with van der Waals surface area (Å²) < 4.78 is 107. The fourth-order valence-corrected chi connectivity index (χ4v) is 8.09. The lowest BCUT2D eigenvalue weighted by molar-refractivity contribution is -0.275. The van der Waals surface area contributed by atoms with Gasteiger partial charge in [-0.25, -0.2) is 8.42 Å². The number of likely N-dealkylation sites (N-methyl/N-ethyl adjacent to an activating group) is 2. The largest absolute Gasteiger partial charge is 0.573 e. The number of thiophene rings is 1. The first-order valence-electron chi connectivity index (χ1n) is 15.6. The number of ether oxygens (including phenoxy) is 2. The van der Waals surface area contributed by atoms with Crippen molar-refractivity contribution in [3.05, 3.63) is 66.0 Å². The van der Waals surface area contributed by atoms with Gasteiger partial charge in [-0.15, -0.1) is 37.7 Å². The summed E-state index contributed by atoms with van der Waals surface area (Å²) in [6.07, 6.45) is -9.19. The molecule has 20 heteroatoms. The van der Waals surface area contributed by atoms with Crippen molar-refractivity contribution in [2.75, 3.05) is 50.1 Å². The molecule has 0 radical (unpaired) electrons. The Bertz CT molecular complexity index is 1760. The molecule has 5 rings (SSSR count). The Morgan fingerprint density at radius 3 is 1.52 bits per heavy atom. The van der Waals surface area contributed by atoms with Crippen molar-refractivity contribution in [3.8, 4) is 11.5 Å². The average Bonchev–Trinajstić information content (AvgIpc) is 3.64. The minimum Gasteiger partial charge on any atom is -0.406 e. The van der Waals surface area contributed by atoms with Gasteiger partial charge >= 0.3 is 12.7 Å². The third-order valence-electron chi connectivity index (χ3n) is 8.39. The van der Waals surface area contributed by atoms with E-state index in [1.54, 1.807) is 11.4 Å². The van der Waals surface area contributed by atoms with Gasteiger partial charge in [0.05, 0.1) is 0 Å². The van der Waals surface area contributed by atoms with E-state index in [2.05, 4.69) is 14.8 Å².